The third-order valence-electron chi connectivity index (χ3n) is 3.87. The van der Waals surface area contributed by atoms with Gasteiger partial charge in [0.2, 0.25) is 0 Å². The summed E-state index contributed by atoms with van der Waals surface area (Å²) in [4.78, 5) is 0. The minimum Gasteiger partial charge on any atom is -0.495 e. The van der Waals surface area contributed by atoms with E-state index in [-0.39, 0.29) is 0 Å². The van der Waals surface area contributed by atoms with E-state index in [2.05, 4.69) is 18.2 Å². The van der Waals surface area contributed by atoms with Gasteiger partial charge in [0, 0.05) is 5.39 Å². The van der Waals surface area contributed by atoms with Crippen LogP contribution in [-0.4, -0.2) is 7.11 Å². The molecule has 2 nitrogen and oxygen atoms in total. The van der Waals surface area contributed by atoms with E-state index in [9.17, 15) is 0 Å². The summed E-state index contributed by atoms with van der Waals surface area (Å²) in [5.41, 5.74) is 3.83. The van der Waals surface area contributed by atoms with Gasteiger partial charge in [-0.25, -0.2) is 0 Å². The van der Waals surface area contributed by atoms with Gasteiger partial charge >= 0.3 is 0 Å². The molecule has 1 heterocycles. The Morgan fingerprint density at radius 1 is 0.818 bits per heavy atom. The molecule has 0 bridgehead atoms. The van der Waals surface area contributed by atoms with Crippen LogP contribution in [0.25, 0.3) is 33.1 Å². The van der Waals surface area contributed by atoms with Crippen molar-refractivity contribution >= 4 is 33.5 Å². The average Bonchev–Trinajstić information content (AvgIpc) is 2.95. The molecule has 0 atom stereocenters. The quantitative estimate of drug-likeness (QED) is 0.459. The lowest BCUT2D eigenvalue weighted by atomic mass is 9.99. The Kier molecular flexibility index (Phi) is 3.05. The van der Waals surface area contributed by atoms with Crippen molar-refractivity contribution in [3.63, 3.8) is 0 Å². The molecule has 0 aliphatic carbocycles. The second kappa shape index (κ2) is 5.08. The van der Waals surface area contributed by atoms with Crippen LogP contribution in [0.5, 0.6) is 5.75 Å². The third-order valence-corrected chi connectivity index (χ3v) is 4.24. The van der Waals surface area contributed by atoms with Crippen LogP contribution in [0, 0.1) is 0 Å². The molecule has 108 valence electrons. The number of hydrogen-bond acceptors (Lipinski definition) is 2. The number of rotatable bonds is 2. The molecule has 3 heteroatoms. The lowest BCUT2D eigenvalue weighted by molar-refractivity contribution is 0.415. The smallest absolute Gasteiger partial charge is 0.138 e. The van der Waals surface area contributed by atoms with Crippen molar-refractivity contribution in [1.82, 2.24) is 0 Å². The largest absolute Gasteiger partial charge is 0.495 e. The minimum absolute atomic E-state index is 0.585. The number of hydrogen-bond donors (Lipinski definition) is 0. The highest BCUT2D eigenvalue weighted by Gasteiger charge is 2.17. The highest BCUT2D eigenvalue weighted by atomic mass is 35.5. The Balaban J connectivity index is 2.17. The summed E-state index contributed by atoms with van der Waals surface area (Å²) in [5.74, 6) is 0.653. The van der Waals surface area contributed by atoms with Crippen molar-refractivity contribution in [1.29, 1.82) is 0 Å². The maximum Gasteiger partial charge on any atom is 0.138 e. The van der Waals surface area contributed by atoms with Crippen LogP contribution in [0.3, 0.4) is 0 Å². The zero-order chi connectivity index (χ0) is 15.1. The van der Waals surface area contributed by atoms with Gasteiger partial charge in [0.1, 0.15) is 16.9 Å². The summed E-state index contributed by atoms with van der Waals surface area (Å²) in [7, 11) is 1.62. The Bertz CT molecular complexity index is 971. The van der Waals surface area contributed by atoms with Crippen LogP contribution in [0.1, 0.15) is 0 Å². The molecule has 3 aromatic carbocycles. The number of furan rings is 1. The average molecular weight is 309 g/mol. The first-order chi connectivity index (χ1) is 10.8. The monoisotopic (exact) mass is 308 g/mol. The predicted molar refractivity (Wildman–Crippen MR) is 90.7 cm³/mol. The van der Waals surface area contributed by atoms with Crippen LogP contribution >= 0.6 is 11.6 Å². The topological polar surface area (TPSA) is 22.4 Å². The molecule has 0 saturated carbocycles. The molecule has 0 saturated heterocycles. The van der Waals surface area contributed by atoms with E-state index in [0.29, 0.717) is 10.8 Å². The molecule has 0 spiro atoms. The lowest BCUT2D eigenvalue weighted by Gasteiger charge is -2.06. The van der Waals surface area contributed by atoms with Crippen LogP contribution in [0.2, 0.25) is 5.02 Å². The van der Waals surface area contributed by atoms with E-state index in [1.54, 1.807) is 7.11 Å². The van der Waals surface area contributed by atoms with Crippen LogP contribution in [0.15, 0.2) is 65.1 Å². The van der Waals surface area contributed by atoms with Gasteiger partial charge in [-0.05, 0) is 29.3 Å². The van der Waals surface area contributed by atoms with Gasteiger partial charge in [0.15, 0.2) is 0 Å². The fourth-order valence-corrected chi connectivity index (χ4v) is 3.19. The maximum absolute atomic E-state index is 6.54. The first-order valence-electron chi connectivity index (χ1n) is 7.02. The number of benzene rings is 3. The van der Waals surface area contributed by atoms with Gasteiger partial charge in [-0.2, -0.15) is 0 Å². The van der Waals surface area contributed by atoms with E-state index in [4.69, 9.17) is 20.8 Å². The molecule has 0 fully saturated rings. The first kappa shape index (κ1) is 13.2. The van der Waals surface area contributed by atoms with E-state index < -0.39 is 0 Å². The summed E-state index contributed by atoms with van der Waals surface area (Å²) in [5, 5.41) is 2.50. The molecule has 22 heavy (non-hydrogen) atoms. The molecule has 0 unspecified atom stereocenters. The Hall–Kier alpha value is -2.45. The van der Waals surface area contributed by atoms with Gasteiger partial charge in [-0.3, -0.25) is 0 Å². The van der Waals surface area contributed by atoms with Crippen LogP contribution < -0.4 is 4.74 Å². The van der Waals surface area contributed by atoms with Gasteiger partial charge in [0.25, 0.3) is 0 Å². The molecule has 0 aliphatic rings. The lowest BCUT2D eigenvalue weighted by Crippen LogP contribution is -1.84. The Morgan fingerprint density at radius 2 is 1.59 bits per heavy atom. The van der Waals surface area contributed by atoms with E-state index in [1.165, 1.54) is 0 Å². The second-order valence-corrected chi connectivity index (χ2v) is 5.48. The SMILES string of the molecule is COc1ccc2oc3cccc(-c4ccccc4)c3c2c1Cl. The zero-order valence-corrected chi connectivity index (χ0v) is 12.7. The fourth-order valence-electron chi connectivity index (χ4n) is 2.87. The van der Waals surface area contributed by atoms with Gasteiger partial charge in [0.05, 0.1) is 17.5 Å². The fraction of sp³-hybridized carbons (Fsp3) is 0.0526. The molecule has 0 aliphatic heterocycles. The highest BCUT2D eigenvalue weighted by Crippen LogP contribution is 2.42. The normalized spacial score (nSPS) is 11.2. The van der Waals surface area contributed by atoms with Crippen LogP contribution in [-0.2, 0) is 0 Å². The van der Waals surface area contributed by atoms with Crippen molar-refractivity contribution in [2.75, 3.05) is 7.11 Å². The van der Waals surface area contributed by atoms with Gasteiger partial charge in [-0.15, -0.1) is 0 Å². The van der Waals surface area contributed by atoms with Gasteiger partial charge < -0.3 is 9.15 Å². The minimum atomic E-state index is 0.585. The molecule has 4 rings (SSSR count). The predicted octanol–water partition coefficient (Wildman–Crippen LogP) is 5.92. The third kappa shape index (κ3) is 1.88. The summed E-state index contributed by atoms with van der Waals surface area (Å²) in [6.07, 6.45) is 0. The molecular weight excluding hydrogens is 296 g/mol. The molecule has 1 aromatic heterocycles. The molecule has 0 N–H and O–H groups in total. The summed E-state index contributed by atoms with van der Waals surface area (Å²) < 4.78 is 11.3. The van der Waals surface area contributed by atoms with E-state index >= 15 is 0 Å². The van der Waals surface area contributed by atoms with Crippen molar-refractivity contribution in [2.24, 2.45) is 0 Å². The first-order valence-corrected chi connectivity index (χ1v) is 7.40. The Labute approximate surface area is 132 Å². The van der Waals surface area contributed by atoms with Gasteiger partial charge in [-0.1, -0.05) is 54.1 Å². The number of halogens is 1. The maximum atomic E-state index is 6.54. The zero-order valence-electron chi connectivity index (χ0n) is 12.0. The van der Waals surface area contributed by atoms with E-state index in [1.807, 2.05) is 42.5 Å². The van der Waals surface area contributed by atoms with E-state index in [0.717, 1.165) is 33.1 Å². The Morgan fingerprint density at radius 3 is 2.36 bits per heavy atom. The summed E-state index contributed by atoms with van der Waals surface area (Å²) >= 11 is 6.54. The molecule has 4 aromatic rings. The highest BCUT2D eigenvalue weighted by molar-refractivity contribution is 6.39. The standard InChI is InChI=1S/C19H13ClO2/c1-21-16-11-10-15-18(19(16)20)17-13(8-5-9-14(17)22-15)12-6-3-2-4-7-12/h2-11H,1H3. The number of methoxy groups -OCH3 is 1. The molecule has 0 amide bonds. The van der Waals surface area contributed by atoms with Crippen molar-refractivity contribution in [3.8, 4) is 16.9 Å². The second-order valence-electron chi connectivity index (χ2n) is 5.10. The number of fused-ring (bicyclic) bond motifs is 3. The molecular formula is C19H13ClO2. The number of ether oxygens (including phenoxy) is 1. The summed E-state index contributed by atoms with van der Waals surface area (Å²) in [6.45, 7) is 0. The van der Waals surface area contributed by atoms with Crippen LogP contribution in [0.4, 0.5) is 0 Å². The van der Waals surface area contributed by atoms with Crippen molar-refractivity contribution < 1.29 is 9.15 Å². The summed E-state index contributed by atoms with van der Waals surface area (Å²) in [6, 6.07) is 20.0. The van der Waals surface area contributed by atoms with Crippen molar-refractivity contribution in [2.45, 2.75) is 0 Å². The van der Waals surface area contributed by atoms with Crippen molar-refractivity contribution in [3.05, 3.63) is 65.7 Å². The molecule has 0 radical (unpaired) electrons.